The van der Waals surface area contributed by atoms with Crippen LogP contribution in [0.15, 0.2) is 30.3 Å². The number of hydrogen-bond acceptors (Lipinski definition) is 1. The fraction of sp³-hybridized carbons (Fsp3) is 0.250. The molecule has 0 atom stereocenters. The molecule has 0 heterocycles. The Bertz CT molecular complexity index is 208. The van der Waals surface area contributed by atoms with Gasteiger partial charge >= 0.3 is 29.6 Å². The summed E-state index contributed by atoms with van der Waals surface area (Å²) < 4.78 is 0. The van der Waals surface area contributed by atoms with Crippen molar-refractivity contribution in [1.82, 2.24) is 0 Å². The summed E-state index contributed by atoms with van der Waals surface area (Å²) in [5, 5.41) is 0.981. The monoisotopic (exact) mass is 192 g/mol. The molecule has 0 aliphatic carbocycles. The smallest absolute Gasteiger partial charge is 0.855 e. The first kappa shape index (κ1) is 14.9. The minimum atomic E-state index is -2.28. The zero-order chi connectivity index (χ0) is 7.61. The zero-order valence-corrected chi connectivity index (χ0v) is 10.8. The molecule has 0 aliphatic heterocycles. The Morgan fingerprint density at radius 2 is 1.50 bits per heavy atom. The number of benzene rings is 1. The van der Waals surface area contributed by atoms with Crippen molar-refractivity contribution in [3.05, 3.63) is 30.3 Å². The third-order valence-corrected chi connectivity index (χ3v) is 3.19. The number of rotatable bonds is 1. The van der Waals surface area contributed by atoms with Crippen LogP contribution in [-0.2, 0) is 0 Å². The third kappa shape index (κ3) is 4.40. The zero-order valence-electron chi connectivity index (χ0n) is 7.79. The quantitative estimate of drug-likeness (QED) is 0.429. The standard InChI is InChI=1S/C8H11OSi.Na.H2O/c1-10(2,9)8-6-4-3-5-7-8;;/h3-7H,1-2H3;;1H2/q-1;+1;. The van der Waals surface area contributed by atoms with Crippen molar-refractivity contribution >= 4 is 13.5 Å². The van der Waals surface area contributed by atoms with Gasteiger partial charge in [-0.15, -0.1) is 0 Å². The van der Waals surface area contributed by atoms with E-state index in [0.29, 0.717) is 0 Å². The van der Waals surface area contributed by atoms with E-state index in [0.717, 1.165) is 5.19 Å². The molecule has 2 N–H and O–H groups in total. The molecule has 0 amide bonds. The second-order valence-electron chi connectivity index (χ2n) is 2.88. The van der Waals surface area contributed by atoms with Crippen LogP contribution in [-0.4, -0.2) is 13.8 Å². The van der Waals surface area contributed by atoms with Gasteiger partial charge in [0, 0.05) is 0 Å². The van der Waals surface area contributed by atoms with E-state index >= 15 is 0 Å². The van der Waals surface area contributed by atoms with Gasteiger partial charge in [-0.05, 0) is 8.32 Å². The van der Waals surface area contributed by atoms with Gasteiger partial charge in [-0.2, -0.15) is 0 Å². The van der Waals surface area contributed by atoms with E-state index in [-0.39, 0.29) is 35.0 Å². The fourth-order valence-corrected chi connectivity index (χ4v) is 1.83. The van der Waals surface area contributed by atoms with E-state index in [4.69, 9.17) is 0 Å². The molecule has 2 nitrogen and oxygen atoms in total. The molecule has 4 heteroatoms. The Labute approximate surface area is 96.4 Å². The van der Waals surface area contributed by atoms with Crippen LogP contribution in [0, 0.1) is 0 Å². The van der Waals surface area contributed by atoms with Crippen LogP contribution >= 0.6 is 0 Å². The van der Waals surface area contributed by atoms with Crippen molar-refractivity contribution in [2.75, 3.05) is 0 Å². The van der Waals surface area contributed by atoms with E-state index in [1.54, 1.807) is 0 Å². The minimum absolute atomic E-state index is 0. The van der Waals surface area contributed by atoms with Gasteiger partial charge in [0.05, 0.1) is 0 Å². The number of hydrogen-bond donors (Lipinski definition) is 0. The van der Waals surface area contributed by atoms with Crippen LogP contribution in [0.25, 0.3) is 0 Å². The Morgan fingerprint density at radius 3 is 1.75 bits per heavy atom. The van der Waals surface area contributed by atoms with Gasteiger partial charge < -0.3 is 10.3 Å². The summed E-state index contributed by atoms with van der Waals surface area (Å²) in [6.07, 6.45) is 0. The first-order valence-corrected chi connectivity index (χ1v) is 6.27. The maximum Gasteiger partial charge on any atom is 1.00 e. The first-order chi connectivity index (χ1) is 4.61. The van der Waals surface area contributed by atoms with E-state index in [1.165, 1.54) is 0 Å². The molecule has 0 aliphatic rings. The van der Waals surface area contributed by atoms with Crippen LogP contribution in [0.3, 0.4) is 0 Å². The van der Waals surface area contributed by atoms with Gasteiger partial charge in [0.2, 0.25) is 0 Å². The largest absolute Gasteiger partial charge is 1.00 e. The summed E-state index contributed by atoms with van der Waals surface area (Å²) in [5.41, 5.74) is 0. The molecular weight excluding hydrogens is 179 g/mol. The van der Waals surface area contributed by atoms with Gasteiger partial charge in [0.1, 0.15) is 0 Å². The molecule has 0 unspecified atom stereocenters. The summed E-state index contributed by atoms with van der Waals surface area (Å²) in [4.78, 5) is 11.4. The molecule has 0 fully saturated rings. The predicted octanol–water partition coefficient (Wildman–Crippen LogP) is -3.36. The van der Waals surface area contributed by atoms with E-state index in [2.05, 4.69) is 0 Å². The Kier molecular flexibility index (Phi) is 7.32. The SMILES string of the molecule is C[Si](C)([O-])c1ccccc1.O.[Na+]. The van der Waals surface area contributed by atoms with E-state index < -0.39 is 8.32 Å². The fourth-order valence-electron chi connectivity index (χ4n) is 0.840. The molecule has 1 aromatic carbocycles. The average Bonchev–Trinajstić information content (AvgIpc) is 1.88. The van der Waals surface area contributed by atoms with Crippen molar-refractivity contribution in [2.24, 2.45) is 0 Å². The van der Waals surface area contributed by atoms with Crippen molar-refractivity contribution in [3.8, 4) is 0 Å². The summed E-state index contributed by atoms with van der Waals surface area (Å²) in [5.74, 6) is 0. The van der Waals surface area contributed by atoms with Crippen LogP contribution < -0.4 is 39.5 Å². The molecule has 0 radical (unpaired) electrons. The molecule has 0 saturated heterocycles. The molecular formula is C8H13NaO2Si. The summed E-state index contributed by atoms with van der Waals surface area (Å²) in [6, 6.07) is 9.60. The van der Waals surface area contributed by atoms with Crippen molar-refractivity contribution < 1.29 is 39.8 Å². The van der Waals surface area contributed by atoms with Gasteiger partial charge in [-0.25, -0.2) is 0 Å². The maximum atomic E-state index is 11.4. The second kappa shape index (κ2) is 5.91. The molecule has 0 saturated carbocycles. The normalized spacial score (nSPS) is 9.58. The van der Waals surface area contributed by atoms with Crippen molar-refractivity contribution in [1.29, 1.82) is 0 Å². The van der Waals surface area contributed by atoms with Crippen LogP contribution in [0.1, 0.15) is 0 Å². The molecule has 0 spiro atoms. The molecule has 0 aromatic heterocycles. The van der Waals surface area contributed by atoms with Crippen LogP contribution in [0.4, 0.5) is 0 Å². The molecule has 0 bridgehead atoms. The van der Waals surface area contributed by atoms with Gasteiger partial charge in [-0.3, -0.25) is 0 Å². The van der Waals surface area contributed by atoms with Gasteiger partial charge in [0.15, 0.2) is 0 Å². The average molecular weight is 192 g/mol. The van der Waals surface area contributed by atoms with Crippen LogP contribution in [0.5, 0.6) is 0 Å². The van der Waals surface area contributed by atoms with Crippen LogP contribution in [0.2, 0.25) is 13.1 Å². The Balaban J connectivity index is 0. The second-order valence-corrected chi connectivity index (χ2v) is 6.47. The van der Waals surface area contributed by atoms with E-state index in [9.17, 15) is 4.80 Å². The Morgan fingerprint density at radius 1 is 1.08 bits per heavy atom. The summed E-state index contributed by atoms with van der Waals surface area (Å²) in [7, 11) is -2.28. The molecule has 1 aromatic rings. The molecule has 12 heavy (non-hydrogen) atoms. The molecule has 62 valence electrons. The predicted molar refractivity (Wildman–Crippen MR) is 47.2 cm³/mol. The van der Waals surface area contributed by atoms with Gasteiger partial charge in [0.25, 0.3) is 0 Å². The van der Waals surface area contributed by atoms with Crippen molar-refractivity contribution in [3.63, 3.8) is 0 Å². The van der Waals surface area contributed by atoms with Gasteiger partial charge in [-0.1, -0.05) is 48.6 Å². The third-order valence-electron chi connectivity index (χ3n) is 1.47. The van der Waals surface area contributed by atoms with Crippen molar-refractivity contribution in [2.45, 2.75) is 13.1 Å². The Hall–Kier alpha value is 0.357. The van der Waals surface area contributed by atoms with E-state index in [1.807, 2.05) is 43.4 Å². The maximum absolute atomic E-state index is 11.4. The minimum Gasteiger partial charge on any atom is -0.855 e. The molecule has 1 rings (SSSR count). The summed E-state index contributed by atoms with van der Waals surface area (Å²) >= 11 is 0. The topological polar surface area (TPSA) is 54.6 Å². The first-order valence-electron chi connectivity index (χ1n) is 3.36. The summed E-state index contributed by atoms with van der Waals surface area (Å²) in [6.45, 7) is 3.62.